The molecule has 0 amide bonds. The van der Waals surface area contributed by atoms with E-state index in [-0.39, 0.29) is 19.2 Å². The lowest BCUT2D eigenvalue weighted by atomic mass is 10.1. The molecule has 0 aliphatic rings. The molecule has 1 aromatic heterocycles. The fraction of sp³-hybridized carbons (Fsp3) is 0.600. The van der Waals surface area contributed by atoms with Crippen LogP contribution in [0.25, 0.3) is 0 Å². The van der Waals surface area contributed by atoms with E-state index < -0.39 is 6.10 Å². The zero-order valence-electron chi connectivity index (χ0n) is 8.92. The van der Waals surface area contributed by atoms with E-state index in [2.05, 4.69) is 23.8 Å². The van der Waals surface area contributed by atoms with Gasteiger partial charge in [0.15, 0.2) is 0 Å². The summed E-state index contributed by atoms with van der Waals surface area (Å²) in [7, 11) is 0. The maximum absolute atomic E-state index is 9.03. The van der Waals surface area contributed by atoms with Crippen LogP contribution in [0.1, 0.15) is 25.3 Å². The van der Waals surface area contributed by atoms with Gasteiger partial charge in [0.05, 0.1) is 6.61 Å². The molecule has 15 heavy (non-hydrogen) atoms. The molecule has 0 aromatic carbocycles. The first-order valence-corrected chi connectivity index (χ1v) is 4.87. The molecule has 84 valence electrons. The molecule has 0 saturated heterocycles. The van der Waals surface area contributed by atoms with Crippen LogP contribution in [0.4, 0.5) is 0 Å². The van der Waals surface area contributed by atoms with E-state index in [0.717, 1.165) is 5.56 Å². The highest BCUT2D eigenvalue weighted by atomic mass is 16.5. The third-order valence-electron chi connectivity index (χ3n) is 1.93. The zero-order valence-corrected chi connectivity index (χ0v) is 8.92. The van der Waals surface area contributed by atoms with Crippen molar-refractivity contribution in [3.8, 4) is 6.01 Å². The maximum atomic E-state index is 9.03. The van der Waals surface area contributed by atoms with E-state index >= 15 is 0 Å². The Labute approximate surface area is 88.8 Å². The van der Waals surface area contributed by atoms with Crippen LogP contribution >= 0.6 is 0 Å². The van der Waals surface area contributed by atoms with Gasteiger partial charge in [0, 0.05) is 12.4 Å². The average molecular weight is 212 g/mol. The number of ether oxygens (including phenoxy) is 1. The third-order valence-corrected chi connectivity index (χ3v) is 1.93. The maximum Gasteiger partial charge on any atom is 0.316 e. The van der Waals surface area contributed by atoms with Gasteiger partial charge in [-0.3, -0.25) is 0 Å². The lowest BCUT2D eigenvalue weighted by Crippen LogP contribution is -2.21. The topological polar surface area (TPSA) is 75.5 Å². The highest BCUT2D eigenvalue weighted by molar-refractivity contribution is 5.11. The SMILES string of the molecule is CC(C)c1cnc(OCC(O)CO)nc1. The summed E-state index contributed by atoms with van der Waals surface area (Å²) in [4.78, 5) is 7.96. The molecule has 0 aliphatic heterocycles. The van der Waals surface area contributed by atoms with Crippen LogP contribution in [0, 0.1) is 0 Å². The Balaban J connectivity index is 2.50. The number of hydrogen-bond acceptors (Lipinski definition) is 5. The lowest BCUT2D eigenvalue weighted by Gasteiger charge is -2.09. The van der Waals surface area contributed by atoms with Gasteiger partial charge >= 0.3 is 6.01 Å². The first-order chi connectivity index (χ1) is 7.13. The van der Waals surface area contributed by atoms with Gasteiger partial charge < -0.3 is 14.9 Å². The largest absolute Gasteiger partial charge is 0.461 e. The van der Waals surface area contributed by atoms with Gasteiger partial charge in [-0.25, -0.2) is 9.97 Å². The van der Waals surface area contributed by atoms with E-state index in [9.17, 15) is 0 Å². The molecule has 1 atom stereocenters. The molecule has 1 unspecified atom stereocenters. The molecule has 0 fully saturated rings. The number of aliphatic hydroxyl groups excluding tert-OH is 2. The summed E-state index contributed by atoms with van der Waals surface area (Å²) >= 11 is 0. The van der Waals surface area contributed by atoms with Crippen molar-refractivity contribution in [3.05, 3.63) is 18.0 Å². The van der Waals surface area contributed by atoms with Crippen LogP contribution in [0.15, 0.2) is 12.4 Å². The molecule has 1 rings (SSSR count). The molecule has 0 aliphatic carbocycles. The Hall–Kier alpha value is -1.20. The highest BCUT2D eigenvalue weighted by Crippen LogP contribution is 2.12. The van der Waals surface area contributed by atoms with Crippen LogP contribution in [-0.2, 0) is 0 Å². The Bertz CT molecular complexity index is 287. The van der Waals surface area contributed by atoms with Crippen LogP contribution in [0.2, 0.25) is 0 Å². The summed E-state index contributed by atoms with van der Waals surface area (Å²) < 4.78 is 5.06. The normalized spacial score (nSPS) is 12.9. The van der Waals surface area contributed by atoms with Crippen LogP contribution in [0.3, 0.4) is 0 Å². The van der Waals surface area contributed by atoms with Crippen LogP contribution in [-0.4, -0.2) is 39.5 Å². The summed E-state index contributed by atoms with van der Waals surface area (Å²) in [5.74, 6) is 0.377. The van der Waals surface area contributed by atoms with Gasteiger partial charge in [0.1, 0.15) is 12.7 Å². The minimum Gasteiger partial charge on any atom is -0.461 e. The van der Waals surface area contributed by atoms with Gasteiger partial charge in [-0.2, -0.15) is 0 Å². The number of rotatable bonds is 5. The molecule has 1 aromatic rings. The Morgan fingerprint density at radius 2 is 1.93 bits per heavy atom. The van der Waals surface area contributed by atoms with E-state index in [0.29, 0.717) is 5.92 Å². The Morgan fingerprint density at radius 3 is 2.40 bits per heavy atom. The van der Waals surface area contributed by atoms with Gasteiger partial charge in [0.25, 0.3) is 0 Å². The summed E-state index contributed by atoms with van der Waals surface area (Å²) in [5, 5.41) is 17.6. The lowest BCUT2D eigenvalue weighted by molar-refractivity contribution is 0.0504. The van der Waals surface area contributed by atoms with Crippen LogP contribution < -0.4 is 4.74 Å². The van der Waals surface area contributed by atoms with Crippen molar-refractivity contribution < 1.29 is 14.9 Å². The highest BCUT2D eigenvalue weighted by Gasteiger charge is 2.05. The minimum absolute atomic E-state index is 0.00246. The Morgan fingerprint density at radius 1 is 1.33 bits per heavy atom. The fourth-order valence-electron chi connectivity index (χ4n) is 0.922. The number of aliphatic hydroxyl groups is 2. The molecule has 0 spiro atoms. The first kappa shape index (κ1) is 11.9. The van der Waals surface area contributed by atoms with Crippen molar-refractivity contribution in [3.63, 3.8) is 0 Å². The molecule has 0 saturated carbocycles. The monoisotopic (exact) mass is 212 g/mol. The van der Waals surface area contributed by atoms with Gasteiger partial charge in [0.2, 0.25) is 0 Å². The fourth-order valence-corrected chi connectivity index (χ4v) is 0.922. The number of aromatic nitrogens is 2. The van der Waals surface area contributed by atoms with E-state index in [4.69, 9.17) is 14.9 Å². The first-order valence-electron chi connectivity index (χ1n) is 4.87. The van der Waals surface area contributed by atoms with Crippen molar-refractivity contribution in [1.82, 2.24) is 9.97 Å². The van der Waals surface area contributed by atoms with Crippen LogP contribution in [0.5, 0.6) is 6.01 Å². The predicted octanol–water partition coefficient (Wildman–Crippen LogP) is 0.332. The molecular weight excluding hydrogens is 196 g/mol. The number of hydrogen-bond donors (Lipinski definition) is 2. The smallest absolute Gasteiger partial charge is 0.316 e. The standard InChI is InChI=1S/C10H16N2O3/c1-7(2)8-3-11-10(12-4-8)15-6-9(14)5-13/h3-4,7,9,13-14H,5-6H2,1-2H3. The molecule has 5 heteroatoms. The second kappa shape index (κ2) is 5.63. The third kappa shape index (κ3) is 3.81. The number of nitrogens with zero attached hydrogens (tertiary/aromatic N) is 2. The van der Waals surface area contributed by atoms with Gasteiger partial charge in [-0.05, 0) is 11.5 Å². The van der Waals surface area contributed by atoms with Gasteiger partial charge in [-0.15, -0.1) is 0 Å². The molecule has 2 N–H and O–H groups in total. The summed E-state index contributed by atoms with van der Waals surface area (Å²) in [6.45, 7) is 3.77. The van der Waals surface area contributed by atoms with Crippen molar-refractivity contribution in [2.45, 2.75) is 25.9 Å². The quantitative estimate of drug-likeness (QED) is 0.735. The molecule has 1 heterocycles. The van der Waals surface area contributed by atoms with E-state index in [1.165, 1.54) is 0 Å². The van der Waals surface area contributed by atoms with Crippen molar-refractivity contribution >= 4 is 0 Å². The van der Waals surface area contributed by atoms with E-state index in [1.54, 1.807) is 12.4 Å². The van der Waals surface area contributed by atoms with Gasteiger partial charge in [-0.1, -0.05) is 13.8 Å². The molecule has 5 nitrogen and oxygen atoms in total. The molecule has 0 bridgehead atoms. The second-order valence-electron chi connectivity index (χ2n) is 3.60. The summed E-state index contributed by atoms with van der Waals surface area (Å²) in [6.07, 6.45) is 2.50. The zero-order chi connectivity index (χ0) is 11.3. The van der Waals surface area contributed by atoms with Crippen molar-refractivity contribution in [1.29, 1.82) is 0 Å². The minimum atomic E-state index is -0.890. The Kier molecular flexibility index (Phi) is 4.45. The summed E-state index contributed by atoms with van der Waals surface area (Å²) in [6, 6.07) is 0.215. The predicted molar refractivity (Wildman–Crippen MR) is 54.7 cm³/mol. The van der Waals surface area contributed by atoms with Crippen molar-refractivity contribution in [2.75, 3.05) is 13.2 Å². The molecular formula is C10H16N2O3. The second-order valence-corrected chi connectivity index (χ2v) is 3.60. The molecule has 0 radical (unpaired) electrons. The van der Waals surface area contributed by atoms with E-state index in [1.807, 2.05) is 0 Å². The van der Waals surface area contributed by atoms with Crippen molar-refractivity contribution in [2.24, 2.45) is 0 Å². The average Bonchev–Trinajstić information content (AvgIpc) is 2.26. The summed E-state index contributed by atoms with van der Waals surface area (Å²) in [5.41, 5.74) is 1.03.